The number of nitrogens with zero attached hydrogens (tertiary/aromatic N) is 2. The summed E-state index contributed by atoms with van der Waals surface area (Å²) < 4.78 is 11.1. The van der Waals surface area contributed by atoms with Gasteiger partial charge in [0.25, 0.3) is 5.91 Å². The van der Waals surface area contributed by atoms with Gasteiger partial charge in [0.1, 0.15) is 17.4 Å². The lowest BCUT2D eigenvalue weighted by atomic mass is 10.1. The molecule has 0 saturated heterocycles. The molecule has 2 N–H and O–H groups in total. The zero-order valence-corrected chi connectivity index (χ0v) is 16.0. The number of hydrogen-bond donors (Lipinski definition) is 1. The van der Waals surface area contributed by atoms with Crippen LogP contribution in [0.1, 0.15) is 24.2 Å². The van der Waals surface area contributed by atoms with Gasteiger partial charge >= 0.3 is 5.97 Å². The highest BCUT2D eigenvalue weighted by Gasteiger charge is 2.26. The molecular formula is C20H18ClN3O4. The number of halogens is 1. The number of pyridine rings is 2. The number of amides is 1. The zero-order chi connectivity index (χ0) is 20.3. The molecule has 144 valence electrons. The summed E-state index contributed by atoms with van der Waals surface area (Å²) in [6.07, 6.45) is 2.68. The Labute approximate surface area is 166 Å². The van der Waals surface area contributed by atoms with Gasteiger partial charge in [0.05, 0.1) is 17.6 Å². The average molecular weight is 400 g/mol. The third-order valence-corrected chi connectivity index (χ3v) is 4.47. The molecule has 0 unspecified atom stereocenters. The molecule has 1 amide bonds. The number of ether oxygens (including phenoxy) is 2. The van der Waals surface area contributed by atoms with Crippen LogP contribution in [-0.2, 0) is 4.79 Å². The summed E-state index contributed by atoms with van der Waals surface area (Å²) in [6.45, 7) is 3.40. The maximum atomic E-state index is 12.6. The van der Waals surface area contributed by atoms with E-state index in [0.717, 1.165) is 0 Å². The Hall–Kier alpha value is -3.19. The molecule has 1 aromatic carbocycles. The maximum absolute atomic E-state index is 12.6. The second-order valence-electron chi connectivity index (χ2n) is 6.26. The van der Waals surface area contributed by atoms with Gasteiger partial charge in [-0.15, -0.1) is 0 Å². The van der Waals surface area contributed by atoms with Gasteiger partial charge in [-0.2, -0.15) is 0 Å². The second kappa shape index (κ2) is 8.22. The second-order valence-corrected chi connectivity index (χ2v) is 6.70. The van der Waals surface area contributed by atoms with Crippen LogP contribution < -0.4 is 15.2 Å². The molecule has 0 aliphatic carbocycles. The highest BCUT2D eigenvalue weighted by Crippen LogP contribution is 2.26. The van der Waals surface area contributed by atoms with Crippen molar-refractivity contribution in [2.24, 2.45) is 11.7 Å². The van der Waals surface area contributed by atoms with Crippen molar-refractivity contribution in [1.29, 1.82) is 0 Å². The van der Waals surface area contributed by atoms with Crippen molar-refractivity contribution in [1.82, 2.24) is 9.97 Å². The van der Waals surface area contributed by atoms with Crippen LogP contribution in [0.5, 0.6) is 11.6 Å². The summed E-state index contributed by atoms with van der Waals surface area (Å²) in [7, 11) is 0. The summed E-state index contributed by atoms with van der Waals surface area (Å²) in [5, 5.41) is 1.10. The molecule has 8 heteroatoms. The van der Waals surface area contributed by atoms with Gasteiger partial charge in [0.2, 0.25) is 5.88 Å². The van der Waals surface area contributed by atoms with E-state index in [2.05, 4.69) is 9.97 Å². The minimum absolute atomic E-state index is 0.00357. The predicted octanol–water partition coefficient (Wildman–Crippen LogP) is 3.39. The van der Waals surface area contributed by atoms with Gasteiger partial charge in [-0.1, -0.05) is 11.6 Å². The Balaban J connectivity index is 1.82. The number of benzene rings is 1. The van der Waals surface area contributed by atoms with E-state index in [4.69, 9.17) is 26.8 Å². The summed E-state index contributed by atoms with van der Waals surface area (Å²) in [6, 6.07) is 9.93. The number of carbonyl (C=O) groups is 2. The first-order chi connectivity index (χ1) is 13.3. The smallest absolute Gasteiger partial charge is 0.319 e. The fourth-order valence-corrected chi connectivity index (χ4v) is 2.68. The summed E-state index contributed by atoms with van der Waals surface area (Å²) >= 11 is 5.97. The molecular weight excluding hydrogens is 382 g/mol. The normalized spacial score (nSPS) is 13.0. The Morgan fingerprint density at radius 3 is 2.64 bits per heavy atom. The van der Waals surface area contributed by atoms with Crippen molar-refractivity contribution < 1.29 is 19.1 Å². The molecule has 2 aromatic heterocycles. The fraction of sp³-hybridized carbons (Fsp3) is 0.200. The molecule has 0 spiro atoms. The van der Waals surface area contributed by atoms with Crippen LogP contribution in [0.3, 0.4) is 0 Å². The van der Waals surface area contributed by atoms with Crippen LogP contribution in [-0.4, -0.2) is 27.9 Å². The lowest BCUT2D eigenvalue weighted by molar-refractivity contribution is -0.141. The molecule has 0 aliphatic heterocycles. The molecule has 0 bridgehead atoms. The van der Waals surface area contributed by atoms with Crippen LogP contribution in [0, 0.1) is 5.92 Å². The monoisotopic (exact) mass is 399 g/mol. The number of primary amides is 1. The third-order valence-electron chi connectivity index (χ3n) is 4.24. The molecule has 7 nitrogen and oxygen atoms in total. The van der Waals surface area contributed by atoms with Gasteiger partial charge in [-0.25, -0.2) is 4.98 Å². The highest BCUT2D eigenvalue weighted by molar-refractivity contribution is 6.31. The largest absolute Gasteiger partial charge is 0.488 e. The molecule has 2 heterocycles. The van der Waals surface area contributed by atoms with Crippen LogP contribution in [0.25, 0.3) is 10.9 Å². The number of nitrogens with two attached hydrogens (primary N) is 1. The van der Waals surface area contributed by atoms with Crippen LogP contribution in [0.2, 0.25) is 5.02 Å². The van der Waals surface area contributed by atoms with Gasteiger partial charge < -0.3 is 15.2 Å². The fourth-order valence-electron chi connectivity index (χ4n) is 2.50. The first-order valence-electron chi connectivity index (χ1n) is 8.53. The summed E-state index contributed by atoms with van der Waals surface area (Å²) in [4.78, 5) is 32.6. The molecule has 28 heavy (non-hydrogen) atoms. The van der Waals surface area contributed by atoms with E-state index in [1.165, 1.54) is 6.07 Å². The third kappa shape index (κ3) is 4.37. The van der Waals surface area contributed by atoms with E-state index < -0.39 is 23.9 Å². The van der Waals surface area contributed by atoms with Crippen molar-refractivity contribution in [2.75, 3.05) is 0 Å². The number of fused-ring (bicyclic) bond motifs is 1. The first kappa shape index (κ1) is 19.6. The summed E-state index contributed by atoms with van der Waals surface area (Å²) in [5.41, 5.74) is 5.94. The number of carbonyl (C=O) groups excluding carboxylic acids is 2. The van der Waals surface area contributed by atoms with E-state index in [1.54, 1.807) is 56.6 Å². The molecule has 0 fully saturated rings. The van der Waals surface area contributed by atoms with Gasteiger partial charge in [-0.3, -0.25) is 14.6 Å². The quantitative estimate of drug-likeness (QED) is 0.637. The Morgan fingerprint density at radius 2 is 1.96 bits per heavy atom. The molecule has 0 saturated carbocycles. The van der Waals surface area contributed by atoms with Crippen LogP contribution >= 0.6 is 11.6 Å². The van der Waals surface area contributed by atoms with Crippen molar-refractivity contribution in [3.05, 3.63) is 59.4 Å². The standard InChI is InChI=1S/C20H18ClN3O4/c1-11(12(2)27-15-4-3-7-23-10-15)20(26)28-19-16(18(22)25)9-13-8-14(21)5-6-17(13)24-19/h3-12H,1-2H3,(H2,22,25)/t11-,12-/m0/s1. The Morgan fingerprint density at radius 1 is 1.18 bits per heavy atom. The molecule has 3 rings (SSSR count). The van der Waals surface area contributed by atoms with Crippen LogP contribution in [0.4, 0.5) is 0 Å². The minimum atomic E-state index is -0.760. The van der Waals surface area contributed by atoms with Crippen molar-refractivity contribution >= 4 is 34.4 Å². The molecule has 0 radical (unpaired) electrons. The lowest BCUT2D eigenvalue weighted by Gasteiger charge is -2.20. The van der Waals surface area contributed by atoms with E-state index in [1.807, 2.05) is 0 Å². The van der Waals surface area contributed by atoms with Gasteiger partial charge in [-0.05, 0) is 50.2 Å². The van der Waals surface area contributed by atoms with Gasteiger partial charge in [0, 0.05) is 16.6 Å². The SMILES string of the molecule is C[C@H](Oc1cccnc1)[C@H](C)C(=O)Oc1nc2ccc(Cl)cc2cc1C(N)=O. The Bertz CT molecular complexity index is 1030. The molecule has 0 aliphatic rings. The van der Waals surface area contributed by atoms with E-state index in [-0.39, 0.29) is 11.4 Å². The Kier molecular flexibility index (Phi) is 5.75. The average Bonchev–Trinajstić information content (AvgIpc) is 2.67. The number of hydrogen-bond acceptors (Lipinski definition) is 6. The van der Waals surface area contributed by atoms with E-state index in [9.17, 15) is 9.59 Å². The van der Waals surface area contributed by atoms with Gasteiger partial charge in [0.15, 0.2) is 0 Å². The number of aromatic nitrogens is 2. The number of rotatable bonds is 6. The zero-order valence-electron chi connectivity index (χ0n) is 15.3. The highest BCUT2D eigenvalue weighted by atomic mass is 35.5. The van der Waals surface area contributed by atoms with Crippen molar-refractivity contribution in [3.63, 3.8) is 0 Å². The van der Waals surface area contributed by atoms with Crippen molar-refractivity contribution in [2.45, 2.75) is 20.0 Å². The molecule has 2 atom stereocenters. The maximum Gasteiger partial charge on any atom is 0.319 e. The molecule has 3 aromatic rings. The topological polar surface area (TPSA) is 104 Å². The van der Waals surface area contributed by atoms with E-state index in [0.29, 0.717) is 21.7 Å². The number of esters is 1. The minimum Gasteiger partial charge on any atom is -0.488 e. The summed E-state index contributed by atoms with van der Waals surface area (Å²) in [5.74, 6) is -1.60. The first-order valence-corrected chi connectivity index (χ1v) is 8.91. The lowest BCUT2D eigenvalue weighted by Crippen LogP contribution is -2.32. The van der Waals surface area contributed by atoms with E-state index >= 15 is 0 Å². The van der Waals surface area contributed by atoms with Crippen LogP contribution in [0.15, 0.2) is 48.8 Å². The van der Waals surface area contributed by atoms with Crippen molar-refractivity contribution in [3.8, 4) is 11.6 Å². The predicted molar refractivity (Wildman–Crippen MR) is 104 cm³/mol.